The first-order chi connectivity index (χ1) is 18.1. The number of ether oxygens (including phenoxy) is 2. The predicted molar refractivity (Wildman–Crippen MR) is 141 cm³/mol. The van der Waals surface area contributed by atoms with Gasteiger partial charge in [-0.1, -0.05) is 60.7 Å². The number of hydrogen-bond acceptors (Lipinski definition) is 7. The molecule has 38 heavy (non-hydrogen) atoms. The van der Waals surface area contributed by atoms with E-state index in [0.717, 1.165) is 11.1 Å². The van der Waals surface area contributed by atoms with E-state index in [9.17, 15) is 14.4 Å². The number of carbonyl (C=O) groups excluding carboxylic acids is 3. The Bertz CT molecular complexity index is 1210. The minimum absolute atomic E-state index is 0.276. The van der Waals surface area contributed by atoms with Crippen LogP contribution in [0, 0.1) is 0 Å². The number of carbonyl (C=O) groups is 3. The molecule has 0 aliphatic heterocycles. The number of alkyl carbamates (subject to hydrolysis) is 1. The molecule has 2 aromatic carbocycles. The van der Waals surface area contributed by atoms with E-state index in [1.165, 1.54) is 13.4 Å². The van der Waals surface area contributed by atoms with Gasteiger partial charge in [0.15, 0.2) is 5.82 Å². The van der Waals surface area contributed by atoms with Gasteiger partial charge >= 0.3 is 12.1 Å². The average molecular weight is 522 g/mol. The summed E-state index contributed by atoms with van der Waals surface area (Å²) in [5.74, 6) is -0.597. The monoisotopic (exact) mass is 521 g/mol. The number of rotatable bonds is 10. The van der Waals surface area contributed by atoms with Gasteiger partial charge in [0.1, 0.15) is 24.0 Å². The van der Waals surface area contributed by atoms with E-state index >= 15 is 0 Å². The summed E-state index contributed by atoms with van der Waals surface area (Å²) in [4.78, 5) is 38.4. The van der Waals surface area contributed by atoms with Gasteiger partial charge in [0.25, 0.3) is 0 Å². The zero-order chi connectivity index (χ0) is 27.7. The van der Waals surface area contributed by atoms with E-state index in [4.69, 9.17) is 9.47 Å². The van der Waals surface area contributed by atoms with Crippen molar-refractivity contribution in [2.75, 3.05) is 7.11 Å². The molecule has 2 N–H and O–H groups in total. The molecular weight excluding hydrogens is 486 g/mol. The molecule has 0 saturated heterocycles. The molecule has 0 radical (unpaired) electrons. The molecule has 2 amide bonds. The van der Waals surface area contributed by atoms with Crippen LogP contribution in [0.25, 0.3) is 0 Å². The molecule has 0 bridgehead atoms. The summed E-state index contributed by atoms with van der Waals surface area (Å²) in [6, 6.07) is 16.6. The Kier molecular flexibility index (Phi) is 9.59. The van der Waals surface area contributed by atoms with E-state index in [1.807, 2.05) is 60.7 Å². The number of nitrogens with zero attached hydrogens (tertiary/aromatic N) is 3. The summed E-state index contributed by atoms with van der Waals surface area (Å²) >= 11 is 0. The van der Waals surface area contributed by atoms with E-state index in [1.54, 1.807) is 32.3 Å². The van der Waals surface area contributed by atoms with Crippen molar-refractivity contribution in [3.05, 3.63) is 83.9 Å². The van der Waals surface area contributed by atoms with Gasteiger partial charge in [-0.15, -0.1) is 10.2 Å². The van der Waals surface area contributed by atoms with Gasteiger partial charge in [-0.25, -0.2) is 9.59 Å². The Morgan fingerprint density at radius 2 is 1.50 bits per heavy atom. The molecule has 0 saturated carbocycles. The van der Waals surface area contributed by atoms with Crippen LogP contribution in [0.3, 0.4) is 0 Å². The lowest BCUT2D eigenvalue weighted by molar-refractivity contribution is -0.145. The molecule has 10 heteroatoms. The molecule has 0 aliphatic carbocycles. The lowest BCUT2D eigenvalue weighted by Crippen LogP contribution is -2.46. The molecule has 0 fully saturated rings. The van der Waals surface area contributed by atoms with E-state index in [-0.39, 0.29) is 6.42 Å². The lowest BCUT2D eigenvalue weighted by atomic mass is 10.0. The van der Waals surface area contributed by atoms with E-state index in [2.05, 4.69) is 20.8 Å². The Morgan fingerprint density at radius 1 is 0.921 bits per heavy atom. The summed E-state index contributed by atoms with van der Waals surface area (Å²) in [5, 5.41) is 13.9. The van der Waals surface area contributed by atoms with Crippen molar-refractivity contribution >= 4 is 18.0 Å². The molecule has 1 aromatic heterocycles. The quantitative estimate of drug-likeness (QED) is 0.391. The summed E-state index contributed by atoms with van der Waals surface area (Å²) in [5.41, 5.74) is 1.14. The molecule has 0 aliphatic rings. The Morgan fingerprint density at radius 3 is 2.05 bits per heavy atom. The van der Waals surface area contributed by atoms with Crippen LogP contribution in [-0.4, -0.2) is 51.5 Å². The number of methoxy groups -OCH3 is 1. The molecule has 1 heterocycles. The van der Waals surface area contributed by atoms with Crippen molar-refractivity contribution in [2.24, 2.45) is 0 Å². The number of nitrogens with one attached hydrogen (secondary N) is 2. The van der Waals surface area contributed by atoms with Crippen molar-refractivity contribution in [1.82, 2.24) is 25.4 Å². The van der Waals surface area contributed by atoms with Crippen LogP contribution in [0.15, 0.2) is 67.0 Å². The topological polar surface area (TPSA) is 124 Å². The molecule has 202 valence electrons. The van der Waals surface area contributed by atoms with E-state index in [0.29, 0.717) is 12.2 Å². The molecule has 10 nitrogen and oxygen atoms in total. The Hall–Kier alpha value is -4.21. The normalized spacial score (nSPS) is 13.6. The second kappa shape index (κ2) is 12.8. The maximum Gasteiger partial charge on any atom is 0.408 e. The van der Waals surface area contributed by atoms with Gasteiger partial charge in [0.05, 0.1) is 13.2 Å². The summed E-state index contributed by atoms with van der Waals surface area (Å²) in [7, 11) is 1.28. The highest BCUT2D eigenvalue weighted by Crippen LogP contribution is 2.21. The highest BCUT2D eigenvalue weighted by Gasteiger charge is 2.30. The number of esters is 1. The van der Waals surface area contributed by atoms with Gasteiger partial charge in [-0.3, -0.25) is 4.79 Å². The Labute approximate surface area is 222 Å². The number of amides is 2. The number of aromatic nitrogens is 3. The standard InChI is InChI=1S/C28H35N5O5/c1-19(25(34)30-23(26(35)37-5)17-21-14-10-7-11-15-21)33-18-29-32-24(33)22(16-20-12-8-6-9-13-20)31-27(36)38-28(2,3)4/h6-15,18-19,22-23H,16-17H2,1-5H3,(H,30,34)(H,31,36)/t19-,22-,23-/m0/s1. The fourth-order valence-corrected chi connectivity index (χ4v) is 3.91. The zero-order valence-electron chi connectivity index (χ0n) is 22.4. The van der Waals surface area contributed by atoms with Crippen LogP contribution >= 0.6 is 0 Å². The SMILES string of the molecule is COC(=O)[C@H](Cc1ccccc1)NC(=O)[C@H](C)n1cnnc1[C@H](Cc1ccccc1)NC(=O)OC(C)(C)C. The molecule has 3 aromatic rings. The smallest absolute Gasteiger partial charge is 0.408 e. The third-order valence-corrected chi connectivity index (χ3v) is 5.77. The fourth-order valence-electron chi connectivity index (χ4n) is 3.91. The molecule has 0 spiro atoms. The third kappa shape index (κ3) is 8.16. The highest BCUT2D eigenvalue weighted by molar-refractivity contribution is 5.86. The van der Waals surface area contributed by atoms with Gasteiger partial charge in [-0.2, -0.15) is 0 Å². The van der Waals surface area contributed by atoms with Crippen LogP contribution in [0.2, 0.25) is 0 Å². The van der Waals surface area contributed by atoms with Gasteiger partial charge in [0, 0.05) is 12.8 Å². The Balaban J connectivity index is 1.83. The maximum absolute atomic E-state index is 13.3. The van der Waals surface area contributed by atoms with Crippen molar-refractivity contribution in [3.8, 4) is 0 Å². The first kappa shape index (κ1) is 28.4. The van der Waals surface area contributed by atoms with Crippen LogP contribution in [0.1, 0.15) is 56.7 Å². The molecule has 0 unspecified atom stereocenters. The van der Waals surface area contributed by atoms with Crippen LogP contribution < -0.4 is 10.6 Å². The number of benzene rings is 2. The zero-order valence-corrected chi connectivity index (χ0v) is 22.4. The van der Waals surface area contributed by atoms with Gasteiger partial charge in [-0.05, 0) is 38.8 Å². The van der Waals surface area contributed by atoms with Crippen molar-refractivity contribution in [2.45, 2.75) is 64.3 Å². The van der Waals surface area contributed by atoms with Crippen molar-refractivity contribution < 1.29 is 23.9 Å². The van der Waals surface area contributed by atoms with Crippen molar-refractivity contribution in [3.63, 3.8) is 0 Å². The first-order valence-electron chi connectivity index (χ1n) is 12.4. The van der Waals surface area contributed by atoms with Crippen LogP contribution in [0.4, 0.5) is 4.79 Å². The average Bonchev–Trinajstić information content (AvgIpc) is 3.37. The second-order valence-electron chi connectivity index (χ2n) is 9.93. The lowest BCUT2D eigenvalue weighted by Gasteiger charge is -2.25. The maximum atomic E-state index is 13.3. The number of hydrogen-bond donors (Lipinski definition) is 2. The summed E-state index contributed by atoms with van der Waals surface area (Å²) < 4.78 is 12.0. The van der Waals surface area contributed by atoms with Crippen molar-refractivity contribution in [1.29, 1.82) is 0 Å². The van der Waals surface area contributed by atoms with E-state index < -0.39 is 41.7 Å². The minimum atomic E-state index is -0.878. The highest BCUT2D eigenvalue weighted by atomic mass is 16.6. The molecular formula is C28H35N5O5. The summed E-state index contributed by atoms with van der Waals surface area (Å²) in [6.45, 7) is 7.01. The molecule has 3 rings (SSSR count). The summed E-state index contributed by atoms with van der Waals surface area (Å²) in [6.07, 6.45) is 1.49. The first-order valence-corrected chi connectivity index (χ1v) is 12.4. The minimum Gasteiger partial charge on any atom is -0.467 e. The van der Waals surface area contributed by atoms with Crippen LogP contribution in [0.5, 0.6) is 0 Å². The van der Waals surface area contributed by atoms with Gasteiger partial charge < -0.3 is 24.7 Å². The molecule has 3 atom stereocenters. The fraction of sp³-hybridized carbons (Fsp3) is 0.393. The van der Waals surface area contributed by atoms with Gasteiger partial charge in [0.2, 0.25) is 5.91 Å². The van der Waals surface area contributed by atoms with Crippen LogP contribution in [-0.2, 0) is 31.9 Å². The predicted octanol–water partition coefficient (Wildman–Crippen LogP) is 3.55. The third-order valence-electron chi connectivity index (χ3n) is 5.77. The second-order valence-corrected chi connectivity index (χ2v) is 9.93. The largest absolute Gasteiger partial charge is 0.467 e.